The summed E-state index contributed by atoms with van der Waals surface area (Å²) in [4.78, 5) is 0. The molecular weight excluding hydrogens is 376 g/mol. The minimum Gasteiger partial charge on any atom is -0.278 e. The van der Waals surface area contributed by atoms with Crippen LogP contribution in [0.3, 0.4) is 0 Å². The van der Waals surface area contributed by atoms with Crippen molar-refractivity contribution in [1.82, 2.24) is 0 Å². The SMILES string of the molecule is CC(C)c1cccc(C(C)C)c1NN=C(CC1C=CC=C1C(C)(C)C)c1ccccc1. The highest BCUT2D eigenvalue weighted by Gasteiger charge is 2.27. The lowest BCUT2D eigenvalue weighted by Crippen LogP contribution is -2.19. The number of nitrogens with zero attached hydrogens (tertiary/aromatic N) is 1. The summed E-state index contributed by atoms with van der Waals surface area (Å²) < 4.78 is 0. The quantitative estimate of drug-likeness (QED) is 0.357. The fourth-order valence-corrected chi connectivity index (χ4v) is 4.38. The van der Waals surface area contributed by atoms with Gasteiger partial charge in [-0.05, 0) is 33.9 Å². The lowest BCUT2D eigenvalue weighted by Gasteiger charge is -2.27. The normalized spacial score (nSPS) is 16.9. The molecule has 1 aliphatic carbocycles. The summed E-state index contributed by atoms with van der Waals surface area (Å²) in [5.41, 5.74) is 11.2. The molecule has 1 N–H and O–H groups in total. The van der Waals surface area contributed by atoms with Gasteiger partial charge in [0.05, 0.1) is 11.4 Å². The van der Waals surface area contributed by atoms with Gasteiger partial charge in [0.15, 0.2) is 0 Å². The molecule has 0 spiro atoms. The van der Waals surface area contributed by atoms with Crippen molar-refractivity contribution in [1.29, 1.82) is 0 Å². The highest BCUT2D eigenvalue weighted by Crippen LogP contribution is 2.38. The van der Waals surface area contributed by atoms with Crippen LogP contribution in [0.25, 0.3) is 0 Å². The van der Waals surface area contributed by atoms with E-state index in [-0.39, 0.29) is 5.41 Å². The van der Waals surface area contributed by atoms with Crippen LogP contribution in [-0.4, -0.2) is 5.71 Å². The molecule has 3 rings (SSSR count). The second-order valence-corrected chi connectivity index (χ2v) is 10.2. The fourth-order valence-electron chi connectivity index (χ4n) is 4.38. The molecule has 2 heteroatoms. The first-order valence-electron chi connectivity index (χ1n) is 11.6. The van der Waals surface area contributed by atoms with E-state index in [1.54, 1.807) is 0 Å². The van der Waals surface area contributed by atoms with Gasteiger partial charge in [-0.15, -0.1) is 0 Å². The molecule has 1 atom stereocenters. The Labute approximate surface area is 189 Å². The molecule has 164 valence electrons. The minimum absolute atomic E-state index is 0.151. The van der Waals surface area contributed by atoms with Gasteiger partial charge in [-0.2, -0.15) is 5.10 Å². The Morgan fingerprint density at radius 1 is 0.903 bits per heavy atom. The van der Waals surface area contributed by atoms with Crippen molar-refractivity contribution >= 4 is 11.4 Å². The number of rotatable bonds is 7. The van der Waals surface area contributed by atoms with E-state index in [9.17, 15) is 0 Å². The van der Waals surface area contributed by atoms with Crippen LogP contribution in [0.1, 0.15) is 83.4 Å². The molecule has 1 unspecified atom stereocenters. The number of anilines is 1. The number of para-hydroxylation sites is 1. The molecule has 0 radical (unpaired) electrons. The molecule has 0 heterocycles. The predicted molar refractivity (Wildman–Crippen MR) is 136 cm³/mol. The van der Waals surface area contributed by atoms with Crippen LogP contribution in [0.15, 0.2) is 77.4 Å². The van der Waals surface area contributed by atoms with Gasteiger partial charge in [-0.1, -0.05) is 121 Å². The molecule has 0 aliphatic heterocycles. The van der Waals surface area contributed by atoms with Crippen molar-refractivity contribution in [2.45, 2.75) is 66.7 Å². The van der Waals surface area contributed by atoms with Crippen LogP contribution < -0.4 is 5.43 Å². The number of benzene rings is 2. The Hall–Kier alpha value is -2.61. The monoisotopic (exact) mass is 414 g/mol. The van der Waals surface area contributed by atoms with Gasteiger partial charge in [0, 0.05) is 12.3 Å². The average Bonchev–Trinajstić information content (AvgIpc) is 3.20. The standard InChI is InChI=1S/C29H38N2/c1-20(2)24-16-12-17-25(21(3)4)28(24)31-30-27(22-13-9-8-10-14-22)19-23-15-11-18-26(23)29(5,6)7/h8-18,20-21,23,31H,19H2,1-7H3. The Morgan fingerprint density at radius 3 is 2.06 bits per heavy atom. The maximum atomic E-state index is 5.04. The molecule has 1 aliphatic rings. The van der Waals surface area contributed by atoms with Crippen molar-refractivity contribution in [3.8, 4) is 0 Å². The van der Waals surface area contributed by atoms with Crippen molar-refractivity contribution < 1.29 is 0 Å². The molecule has 0 saturated carbocycles. The van der Waals surface area contributed by atoms with Crippen LogP contribution in [-0.2, 0) is 0 Å². The first-order chi connectivity index (χ1) is 14.7. The van der Waals surface area contributed by atoms with E-state index in [1.807, 2.05) is 0 Å². The molecule has 0 fully saturated rings. The maximum Gasteiger partial charge on any atom is 0.0688 e. The lowest BCUT2D eigenvalue weighted by atomic mass is 9.78. The van der Waals surface area contributed by atoms with Crippen LogP contribution in [0.5, 0.6) is 0 Å². The van der Waals surface area contributed by atoms with Crippen LogP contribution in [0.4, 0.5) is 5.69 Å². The predicted octanol–water partition coefficient (Wildman–Crippen LogP) is 8.30. The van der Waals surface area contributed by atoms with E-state index in [0.29, 0.717) is 17.8 Å². The zero-order valence-electron chi connectivity index (χ0n) is 20.2. The Kier molecular flexibility index (Phi) is 7.20. The summed E-state index contributed by atoms with van der Waals surface area (Å²) in [5.74, 6) is 1.25. The minimum atomic E-state index is 0.151. The smallest absolute Gasteiger partial charge is 0.0688 e. The molecule has 2 aromatic rings. The lowest BCUT2D eigenvalue weighted by molar-refractivity contribution is 0.460. The van der Waals surface area contributed by atoms with E-state index in [2.05, 4.69) is 121 Å². The zero-order valence-corrected chi connectivity index (χ0v) is 20.2. The number of hydrogen-bond donors (Lipinski definition) is 1. The Balaban J connectivity index is 1.99. The highest BCUT2D eigenvalue weighted by molar-refractivity contribution is 6.01. The second-order valence-electron chi connectivity index (χ2n) is 10.2. The van der Waals surface area contributed by atoms with Crippen molar-refractivity contribution in [3.05, 3.63) is 89.0 Å². The Morgan fingerprint density at radius 2 is 1.52 bits per heavy atom. The fraction of sp³-hybridized carbons (Fsp3) is 0.414. The van der Waals surface area contributed by atoms with E-state index >= 15 is 0 Å². The van der Waals surface area contributed by atoms with Crippen LogP contribution in [0, 0.1) is 11.3 Å². The third-order valence-corrected chi connectivity index (χ3v) is 6.08. The van der Waals surface area contributed by atoms with Gasteiger partial charge in [0.1, 0.15) is 0 Å². The third-order valence-electron chi connectivity index (χ3n) is 6.08. The van der Waals surface area contributed by atoms with E-state index in [0.717, 1.165) is 17.8 Å². The summed E-state index contributed by atoms with van der Waals surface area (Å²) in [6.45, 7) is 15.9. The summed E-state index contributed by atoms with van der Waals surface area (Å²) in [6, 6.07) is 17.2. The summed E-state index contributed by atoms with van der Waals surface area (Å²) >= 11 is 0. The van der Waals surface area contributed by atoms with E-state index < -0.39 is 0 Å². The largest absolute Gasteiger partial charge is 0.278 e. The van der Waals surface area contributed by atoms with Gasteiger partial charge in [0.2, 0.25) is 0 Å². The van der Waals surface area contributed by atoms with Gasteiger partial charge in [-0.3, -0.25) is 5.43 Å². The van der Waals surface area contributed by atoms with Crippen molar-refractivity contribution in [2.75, 3.05) is 5.43 Å². The number of nitrogens with one attached hydrogen (secondary N) is 1. The highest BCUT2D eigenvalue weighted by atomic mass is 15.3. The van der Waals surface area contributed by atoms with Gasteiger partial charge in [0.25, 0.3) is 0 Å². The van der Waals surface area contributed by atoms with Crippen LogP contribution >= 0.6 is 0 Å². The van der Waals surface area contributed by atoms with Gasteiger partial charge < -0.3 is 0 Å². The average molecular weight is 415 g/mol. The molecular formula is C29H38N2. The van der Waals surface area contributed by atoms with Crippen molar-refractivity contribution in [3.63, 3.8) is 0 Å². The van der Waals surface area contributed by atoms with Crippen molar-refractivity contribution in [2.24, 2.45) is 16.4 Å². The molecule has 0 amide bonds. The zero-order chi connectivity index (χ0) is 22.6. The number of hydrogen-bond acceptors (Lipinski definition) is 2. The van der Waals surface area contributed by atoms with Gasteiger partial charge in [-0.25, -0.2) is 0 Å². The molecule has 31 heavy (non-hydrogen) atoms. The van der Waals surface area contributed by atoms with Crippen LogP contribution in [0.2, 0.25) is 0 Å². The molecule has 2 nitrogen and oxygen atoms in total. The van der Waals surface area contributed by atoms with Gasteiger partial charge >= 0.3 is 0 Å². The molecule has 0 saturated heterocycles. The Bertz CT molecular complexity index is 943. The summed E-state index contributed by atoms with van der Waals surface area (Å²) in [5, 5.41) is 5.04. The second kappa shape index (κ2) is 9.68. The van der Waals surface area contributed by atoms with E-state index in [4.69, 9.17) is 5.10 Å². The molecule has 0 aromatic heterocycles. The molecule has 2 aromatic carbocycles. The maximum absolute atomic E-state index is 5.04. The summed E-state index contributed by atoms with van der Waals surface area (Å²) in [6.07, 6.45) is 7.69. The molecule has 0 bridgehead atoms. The first-order valence-corrected chi connectivity index (χ1v) is 11.6. The summed E-state index contributed by atoms with van der Waals surface area (Å²) in [7, 11) is 0. The first kappa shape index (κ1) is 23.1. The van der Waals surface area contributed by atoms with E-state index in [1.165, 1.54) is 22.3 Å². The number of allylic oxidation sites excluding steroid dienone is 4. The number of hydrazone groups is 1. The topological polar surface area (TPSA) is 24.4 Å². The third kappa shape index (κ3) is 5.55.